The molecule has 2 aromatic carbocycles. The van der Waals surface area contributed by atoms with Gasteiger partial charge < -0.3 is 11.1 Å². The van der Waals surface area contributed by atoms with Crippen LogP contribution in [0.1, 0.15) is 28.3 Å². The van der Waals surface area contributed by atoms with Gasteiger partial charge in [0.15, 0.2) is 0 Å². The maximum atomic E-state index is 11.4. The van der Waals surface area contributed by atoms with Gasteiger partial charge >= 0.3 is 0 Å². The van der Waals surface area contributed by atoms with Gasteiger partial charge in [-0.05, 0) is 41.3 Å². The second-order valence-corrected chi connectivity index (χ2v) is 5.54. The highest BCUT2D eigenvalue weighted by Gasteiger charge is 2.19. The molecule has 0 radical (unpaired) electrons. The molecule has 0 bridgehead atoms. The van der Waals surface area contributed by atoms with Crippen molar-refractivity contribution in [1.29, 1.82) is 0 Å². The fraction of sp³-hybridized carbons (Fsp3) is 0.188. The van der Waals surface area contributed by atoms with Gasteiger partial charge in [-0.2, -0.15) is 0 Å². The maximum absolute atomic E-state index is 11.4. The predicted octanol–water partition coefficient (Wildman–Crippen LogP) is 3.19. The summed E-state index contributed by atoms with van der Waals surface area (Å²) in [5.74, 6) is 0.0352. The van der Waals surface area contributed by atoms with Crippen LogP contribution >= 0.6 is 11.6 Å². The van der Waals surface area contributed by atoms with Gasteiger partial charge in [-0.15, -0.1) is 0 Å². The molecule has 0 spiro atoms. The number of benzene rings is 2. The molecular weight excluding hydrogens is 272 g/mol. The zero-order valence-corrected chi connectivity index (χ0v) is 11.9. The molecule has 20 heavy (non-hydrogen) atoms. The number of hydrogen-bond acceptors (Lipinski definition) is 2. The summed E-state index contributed by atoms with van der Waals surface area (Å²) in [4.78, 5) is 11.4. The van der Waals surface area contributed by atoms with Crippen LogP contribution in [0.3, 0.4) is 0 Å². The van der Waals surface area contributed by atoms with Crippen LogP contribution < -0.4 is 11.1 Å². The molecule has 1 heterocycles. The van der Waals surface area contributed by atoms with Gasteiger partial charge in [0.2, 0.25) is 5.91 Å². The highest BCUT2D eigenvalue weighted by atomic mass is 35.5. The topological polar surface area (TPSA) is 55.1 Å². The van der Waals surface area contributed by atoms with Gasteiger partial charge in [0.25, 0.3) is 0 Å². The number of nitrogens with two attached hydrogens (primary N) is 1. The molecule has 0 fully saturated rings. The average Bonchev–Trinajstić information content (AvgIpc) is 2.80. The zero-order valence-electron chi connectivity index (χ0n) is 11.1. The Morgan fingerprint density at radius 1 is 1.20 bits per heavy atom. The number of hydrogen-bond donors (Lipinski definition) is 2. The molecule has 4 heteroatoms. The van der Waals surface area contributed by atoms with Crippen LogP contribution in [-0.2, 0) is 11.2 Å². The summed E-state index contributed by atoms with van der Waals surface area (Å²) in [7, 11) is 0. The summed E-state index contributed by atoms with van der Waals surface area (Å²) in [5, 5.41) is 3.56. The molecule has 1 aliphatic rings. The van der Waals surface area contributed by atoms with E-state index in [-0.39, 0.29) is 11.9 Å². The molecule has 3 N–H and O–H groups in total. The van der Waals surface area contributed by atoms with Gasteiger partial charge in [0, 0.05) is 10.7 Å². The number of halogens is 1. The molecule has 3 nitrogen and oxygen atoms in total. The molecule has 0 saturated carbocycles. The summed E-state index contributed by atoms with van der Waals surface area (Å²) >= 11 is 6.04. The Hall–Kier alpha value is -1.84. The third-order valence-electron chi connectivity index (χ3n) is 3.65. The Bertz CT molecular complexity index is 697. The van der Waals surface area contributed by atoms with Gasteiger partial charge in [-0.1, -0.05) is 35.9 Å². The van der Waals surface area contributed by atoms with Crippen molar-refractivity contribution in [2.24, 2.45) is 5.73 Å². The second kappa shape index (κ2) is 4.93. The van der Waals surface area contributed by atoms with E-state index in [1.54, 1.807) is 0 Å². The minimum absolute atomic E-state index is 0.0352. The van der Waals surface area contributed by atoms with E-state index in [1.807, 2.05) is 43.3 Å². The first kappa shape index (κ1) is 13.2. The van der Waals surface area contributed by atoms with Crippen LogP contribution in [0, 0.1) is 6.92 Å². The molecular formula is C16H15ClN2O. The monoisotopic (exact) mass is 286 g/mol. The van der Waals surface area contributed by atoms with Crippen molar-refractivity contribution >= 4 is 23.2 Å². The smallest absolute Gasteiger partial charge is 0.228 e. The normalized spacial score (nSPS) is 14.8. The van der Waals surface area contributed by atoms with Crippen LogP contribution in [0.2, 0.25) is 5.02 Å². The second-order valence-electron chi connectivity index (χ2n) is 5.13. The lowest BCUT2D eigenvalue weighted by atomic mass is 9.96. The van der Waals surface area contributed by atoms with Crippen LogP contribution in [0.25, 0.3) is 0 Å². The lowest BCUT2D eigenvalue weighted by Gasteiger charge is -2.15. The van der Waals surface area contributed by atoms with E-state index in [9.17, 15) is 4.79 Å². The average molecular weight is 287 g/mol. The first-order valence-electron chi connectivity index (χ1n) is 6.49. The van der Waals surface area contributed by atoms with Crippen molar-refractivity contribution in [2.45, 2.75) is 19.4 Å². The van der Waals surface area contributed by atoms with E-state index in [4.69, 9.17) is 17.3 Å². The number of carbonyl (C=O) groups excluding carboxylic acids is 1. The minimum Gasteiger partial charge on any atom is -0.326 e. The Balaban J connectivity index is 1.94. The summed E-state index contributed by atoms with van der Waals surface area (Å²) in [6.45, 7) is 1.96. The van der Waals surface area contributed by atoms with Crippen molar-refractivity contribution in [2.75, 3.05) is 5.32 Å². The van der Waals surface area contributed by atoms with E-state index in [0.29, 0.717) is 6.42 Å². The standard InChI is InChI=1S/C16H15ClN2O/c1-9-6-10(2-4-13(9)17)16(18)11-3-5-14-12(7-11)8-15(20)19-14/h2-7,16H,8,18H2,1H3,(H,19,20). The highest BCUT2D eigenvalue weighted by Crippen LogP contribution is 2.29. The summed E-state index contributed by atoms with van der Waals surface area (Å²) in [5.41, 5.74) is 11.2. The van der Waals surface area contributed by atoms with Crippen molar-refractivity contribution in [3.8, 4) is 0 Å². The minimum atomic E-state index is -0.216. The molecule has 102 valence electrons. The van der Waals surface area contributed by atoms with E-state index >= 15 is 0 Å². The molecule has 1 aliphatic heterocycles. The van der Waals surface area contributed by atoms with E-state index in [0.717, 1.165) is 33.0 Å². The largest absolute Gasteiger partial charge is 0.326 e. The van der Waals surface area contributed by atoms with E-state index < -0.39 is 0 Å². The summed E-state index contributed by atoms with van der Waals surface area (Å²) < 4.78 is 0. The summed E-state index contributed by atoms with van der Waals surface area (Å²) in [6.07, 6.45) is 0.426. The maximum Gasteiger partial charge on any atom is 0.228 e. The molecule has 1 unspecified atom stereocenters. The van der Waals surface area contributed by atoms with Crippen molar-refractivity contribution in [3.63, 3.8) is 0 Å². The van der Waals surface area contributed by atoms with Gasteiger partial charge in [-0.3, -0.25) is 4.79 Å². The van der Waals surface area contributed by atoms with Gasteiger partial charge in [-0.25, -0.2) is 0 Å². The Kier molecular flexibility index (Phi) is 3.24. The van der Waals surface area contributed by atoms with E-state index in [1.165, 1.54) is 0 Å². The molecule has 0 saturated heterocycles. The Morgan fingerprint density at radius 2 is 1.90 bits per heavy atom. The molecule has 0 aliphatic carbocycles. The molecule has 3 rings (SSSR count). The number of amides is 1. The highest BCUT2D eigenvalue weighted by molar-refractivity contribution is 6.31. The lowest BCUT2D eigenvalue weighted by molar-refractivity contribution is -0.115. The number of carbonyl (C=O) groups is 1. The Morgan fingerprint density at radius 3 is 2.65 bits per heavy atom. The SMILES string of the molecule is Cc1cc(C(N)c2ccc3c(c2)CC(=O)N3)ccc1Cl. The first-order chi connectivity index (χ1) is 9.54. The number of nitrogens with one attached hydrogen (secondary N) is 1. The van der Waals surface area contributed by atoms with Crippen LogP contribution in [-0.4, -0.2) is 5.91 Å². The quantitative estimate of drug-likeness (QED) is 0.891. The Labute approximate surface area is 122 Å². The molecule has 0 aromatic heterocycles. The van der Waals surface area contributed by atoms with Gasteiger partial charge in [0.05, 0.1) is 12.5 Å². The molecule has 1 atom stereocenters. The van der Waals surface area contributed by atoms with E-state index in [2.05, 4.69) is 5.32 Å². The number of fused-ring (bicyclic) bond motifs is 1. The van der Waals surface area contributed by atoms with Crippen LogP contribution in [0.15, 0.2) is 36.4 Å². The molecule has 2 aromatic rings. The van der Waals surface area contributed by atoms with Crippen molar-refractivity contribution < 1.29 is 4.79 Å². The lowest BCUT2D eigenvalue weighted by Crippen LogP contribution is -2.12. The predicted molar refractivity (Wildman–Crippen MR) is 81.0 cm³/mol. The van der Waals surface area contributed by atoms with Crippen LogP contribution in [0.5, 0.6) is 0 Å². The summed E-state index contributed by atoms with van der Waals surface area (Å²) in [6, 6.07) is 11.5. The van der Waals surface area contributed by atoms with Gasteiger partial charge in [0.1, 0.15) is 0 Å². The fourth-order valence-corrected chi connectivity index (χ4v) is 2.61. The third kappa shape index (κ3) is 2.30. The zero-order chi connectivity index (χ0) is 14.3. The van der Waals surface area contributed by atoms with Crippen molar-refractivity contribution in [1.82, 2.24) is 0 Å². The van der Waals surface area contributed by atoms with Crippen molar-refractivity contribution in [3.05, 3.63) is 63.7 Å². The number of anilines is 1. The van der Waals surface area contributed by atoms with Crippen LogP contribution in [0.4, 0.5) is 5.69 Å². The third-order valence-corrected chi connectivity index (χ3v) is 4.08. The number of rotatable bonds is 2. The molecule has 1 amide bonds. The first-order valence-corrected chi connectivity index (χ1v) is 6.86. The number of aryl methyl sites for hydroxylation is 1. The fourth-order valence-electron chi connectivity index (χ4n) is 2.50.